The second-order valence-electron chi connectivity index (χ2n) is 3.49. The van der Waals surface area contributed by atoms with E-state index in [1.807, 2.05) is 6.92 Å². The first-order chi connectivity index (χ1) is 7.10. The van der Waals surface area contributed by atoms with Crippen LogP contribution in [0.2, 0.25) is 0 Å². The Labute approximate surface area is 88.5 Å². The van der Waals surface area contributed by atoms with E-state index in [0.717, 1.165) is 12.0 Å². The smallest absolute Gasteiger partial charge is 0.274 e. The molecule has 15 heavy (non-hydrogen) atoms. The zero-order valence-corrected chi connectivity index (χ0v) is 8.87. The quantitative estimate of drug-likeness (QED) is 0.525. The average molecular weight is 209 g/mol. The fourth-order valence-electron chi connectivity index (χ4n) is 1.51. The van der Waals surface area contributed by atoms with E-state index in [9.17, 15) is 9.90 Å². The van der Waals surface area contributed by atoms with Crippen molar-refractivity contribution in [2.45, 2.75) is 26.7 Å². The Morgan fingerprint density at radius 1 is 1.47 bits per heavy atom. The first kappa shape index (κ1) is 11.5. The van der Waals surface area contributed by atoms with Crippen molar-refractivity contribution in [3.63, 3.8) is 0 Å². The molecule has 82 valence electrons. The monoisotopic (exact) mass is 209 g/mol. The molecular weight excluding hydrogens is 194 g/mol. The Kier molecular flexibility index (Phi) is 3.68. The Balaban J connectivity index is 3.16. The van der Waals surface area contributed by atoms with Gasteiger partial charge >= 0.3 is 0 Å². The topological polar surface area (TPSA) is 69.6 Å². The zero-order valence-electron chi connectivity index (χ0n) is 8.87. The van der Waals surface area contributed by atoms with Gasteiger partial charge in [0, 0.05) is 5.56 Å². The molecule has 0 atom stereocenters. The number of phenolic OH excluding ortho intramolecular Hbond substituents is 1. The molecule has 3 N–H and O–H groups in total. The van der Waals surface area contributed by atoms with Gasteiger partial charge in [-0.2, -0.15) is 0 Å². The van der Waals surface area contributed by atoms with Crippen LogP contribution in [0.4, 0.5) is 0 Å². The summed E-state index contributed by atoms with van der Waals surface area (Å²) in [6.45, 7) is 3.72. The molecule has 0 aromatic heterocycles. The van der Waals surface area contributed by atoms with Crippen molar-refractivity contribution >= 4 is 5.91 Å². The van der Waals surface area contributed by atoms with Gasteiger partial charge in [-0.15, -0.1) is 0 Å². The summed E-state index contributed by atoms with van der Waals surface area (Å²) in [6, 6.07) is 3.14. The molecule has 0 aliphatic carbocycles. The summed E-state index contributed by atoms with van der Waals surface area (Å²) in [6.07, 6.45) is 1.59. The van der Waals surface area contributed by atoms with Crippen LogP contribution in [-0.4, -0.2) is 16.2 Å². The van der Waals surface area contributed by atoms with Crippen LogP contribution in [0.3, 0.4) is 0 Å². The number of benzene rings is 1. The van der Waals surface area contributed by atoms with E-state index >= 15 is 0 Å². The maximum Gasteiger partial charge on any atom is 0.274 e. The van der Waals surface area contributed by atoms with E-state index < -0.39 is 5.91 Å². The number of hydrogen-bond donors (Lipinski definition) is 3. The van der Waals surface area contributed by atoms with Crippen molar-refractivity contribution in [1.82, 2.24) is 5.48 Å². The molecule has 4 heteroatoms. The molecule has 0 aliphatic heterocycles. The van der Waals surface area contributed by atoms with Gasteiger partial charge in [0.15, 0.2) is 0 Å². The number of carbonyl (C=O) groups is 1. The number of nitrogens with one attached hydrogen (secondary N) is 1. The first-order valence-corrected chi connectivity index (χ1v) is 4.87. The van der Waals surface area contributed by atoms with Gasteiger partial charge in [0.2, 0.25) is 0 Å². The number of aryl methyl sites for hydroxylation is 2. The van der Waals surface area contributed by atoms with Crippen molar-refractivity contribution < 1.29 is 15.1 Å². The van der Waals surface area contributed by atoms with Crippen LogP contribution < -0.4 is 5.48 Å². The number of aromatic hydroxyl groups is 1. The van der Waals surface area contributed by atoms with Crippen molar-refractivity contribution in [1.29, 1.82) is 0 Å². The number of rotatable bonds is 3. The minimum Gasteiger partial charge on any atom is -0.507 e. The van der Waals surface area contributed by atoms with Crippen LogP contribution >= 0.6 is 0 Å². The first-order valence-electron chi connectivity index (χ1n) is 4.87. The predicted octanol–water partition coefficient (Wildman–Crippen LogP) is 1.77. The van der Waals surface area contributed by atoms with E-state index in [-0.39, 0.29) is 5.75 Å². The molecule has 0 unspecified atom stereocenters. The number of amides is 1. The van der Waals surface area contributed by atoms with E-state index in [2.05, 4.69) is 0 Å². The largest absolute Gasteiger partial charge is 0.507 e. The summed E-state index contributed by atoms with van der Waals surface area (Å²) >= 11 is 0. The van der Waals surface area contributed by atoms with Crippen LogP contribution in [0.5, 0.6) is 5.75 Å². The van der Waals surface area contributed by atoms with Crippen LogP contribution in [0.15, 0.2) is 12.1 Å². The maximum atomic E-state index is 11.2. The van der Waals surface area contributed by atoms with Gasteiger partial charge in [0.05, 0.1) is 0 Å². The standard InChI is InChI=1S/C11H15NO3/c1-3-4-8-6-9(11(14)12-15)5-7(2)10(8)13/h5-6,13,15H,3-4H2,1-2H3,(H,12,14). The van der Waals surface area contributed by atoms with Crippen molar-refractivity contribution in [2.75, 3.05) is 0 Å². The average Bonchev–Trinajstić information content (AvgIpc) is 2.23. The highest BCUT2D eigenvalue weighted by molar-refractivity contribution is 5.94. The Hall–Kier alpha value is -1.55. The summed E-state index contributed by atoms with van der Waals surface area (Å²) in [5.41, 5.74) is 3.31. The second-order valence-corrected chi connectivity index (χ2v) is 3.49. The molecule has 1 aromatic rings. The molecule has 0 heterocycles. The van der Waals surface area contributed by atoms with Gasteiger partial charge in [-0.05, 0) is 36.6 Å². The van der Waals surface area contributed by atoms with Crippen LogP contribution in [0.1, 0.15) is 34.8 Å². The lowest BCUT2D eigenvalue weighted by atomic mass is 10.0. The fraction of sp³-hybridized carbons (Fsp3) is 0.364. The van der Waals surface area contributed by atoms with Gasteiger partial charge in [-0.1, -0.05) is 13.3 Å². The molecule has 0 spiro atoms. The van der Waals surface area contributed by atoms with Crippen LogP contribution in [-0.2, 0) is 6.42 Å². The zero-order chi connectivity index (χ0) is 11.4. The lowest BCUT2D eigenvalue weighted by molar-refractivity contribution is 0.0706. The van der Waals surface area contributed by atoms with Crippen LogP contribution in [0, 0.1) is 6.92 Å². The molecule has 4 nitrogen and oxygen atoms in total. The van der Waals surface area contributed by atoms with Gasteiger partial charge < -0.3 is 5.11 Å². The summed E-state index contributed by atoms with van der Waals surface area (Å²) in [4.78, 5) is 11.2. The molecule has 0 saturated heterocycles. The molecular formula is C11H15NO3. The normalized spacial score (nSPS) is 10.1. The highest BCUT2D eigenvalue weighted by Gasteiger charge is 2.10. The minimum atomic E-state index is -0.560. The summed E-state index contributed by atoms with van der Waals surface area (Å²) < 4.78 is 0. The molecule has 1 amide bonds. The van der Waals surface area contributed by atoms with E-state index in [1.54, 1.807) is 24.5 Å². The van der Waals surface area contributed by atoms with E-state index in [0.29, 0.717) is 17.5 Å². The SMILES string of the molecule is CCCc1cc(C(=O)NO)cc(C)c1O. The van der Waals surface area contributed by atoms with Crippen molar-refractivity contribution in [2.24, 2.45) is 0 Å². The van der Waals surface area contributed by atoms with Gasteiger partial charge in [-0.25, -0.2) is 5.48 Å². The fourth-order valence-corrected chi connectivity index (χ4v) is 1.51. The van der Waals surface area contributed by atoms with Crippen molar-refractivity contribution in [3.8, 4) is 5.75 Å². The van der Waals surface area contributed by atoms with Gasteiger partial charge in [0.25, 0.3) is 5.91 Å². The van der Waals surface area contributed by atoms with E-state index in [1.165, 1.54) is 0 Å². The number of hydrogen-bond acceptors (Lipinski definition) is 3. The highest BCUT2D eigenvalue weighted by Crippen LogP contribution is 2.25. The maximum absolute atomic E-state index is 11.2. The molecule has 0 bridgehead atoms. The molecule has 0 aliphatic rings. The molecule has 1 rings (SSSR count). The third kappa shape index (κ3) is 2.47. The lowest BCUT2D eigenvalue weighted by Crippen LogP contribution is -2.18. The number of carbonyl (C=O) groups excluding carboxylic acids is 1. The summed E-state index contributed by atoms with van der Waals surface area (Å²) in [5, 5.41) is 18.2. The second kappa shape index (κ2) is 4.79. The minimum absolute atomic E-state index is 0.228. The Morgan fingerprint density at radius 2 is 2.13 bits per heavy atom. The van der Waals surface area contributed by atoms with Crippen molar-refractivity contribution in [3.05, 3.63) is 28.8 Å². The van der Waals surface area contributed by atoms with Gasteiger partial charge in [0.1, 0.15) is 5.75 Å². The summed E-state index contributed by atoms with van der Waals surface area (Å²) in [5.74, 6) is -0.332. The number of phenols is 1. The Morgan fingerprint density at radius 3 is 2.67 bits per heavy atom. The number of hydroxylamine groups is 1. The molecule has 1 aromatic carbocycles. The third-order valence-electron chi connectivity index (χ3n) is 2.26. The summed E-state index contributed by atoms with van der Waals surface area (Å²) in [7, 11) is 0. The lowest BCUT2D eigenvalue weighted by Gasteiger charge is -2.08. The predicted molar refractivity (Wildman–Crippen MR) is 56.1 cm³/mol. The molecule has 0 fully saturated rings. The van der Waals surface area contributed by atoms with E-state index in [4.69, 9.17) is 5.21 Å². The molecule has 0 radical (unpaired) electrons. The Bertz CT molecular complexity index is 374. The van der Waals surface area contributed by atoms with Gasteiger partial charge in [-0.3, -0.25) is 10.0 Å². The third-order valence-corrected chi connectivity index (χ3v) is 2.26. The molecule has 0 saturated carbocycles. The van der Waals surface area contributed by atoms with Crippen LogP contribution in [0.25, 0.3) is 0 Å². The highest BCUT2D eigenvalue weighted by atomic mass is 16.5.